The summed E-state index contributed by atoms with van der Waals surface area (Å²) in [4.78, 5) is 77.5. The van der Waals surface area contributed by atoms with Crippen molar-refractivity contribution in [2.75, 3.05) is 130 Å². The highest BCUT2D eigenvalue weighted by Gasteiger charge is 2.31. The number of carbonyl (C=O) groups is 6. The third kappa shape index (κ3) is 29.1. The van der Waals surface area contributed by atoms with Crippen molar-refractivity contribution >= 4 is 136 Å². The number of nitrogens with one attached hydrogen (secondary N) is 4. The van der Waals surface area contributed by atoms with Gasteiger partial charge in [0.1, 0.15) is 11.2 Å². The summed E-state index contributed by atoms with van der Waals surface area (Å²) in [6.07, 6.45) is 30.4. The highest BCUT2D eigenvalue weighted by atomic mass is 79.9. The van der Waals surface area contributed by atoms with Crippen molar-refractivity contribution in [3.8, 4) is 0 Å². The number of likely N-dealkylation sites (tertiary alicyclic amines) is 5. The molecule has 0 saturated carbocycles. The number of aliphatic carboxylic acids is 1. The van der Waals surface area contributed by atoms with Crippen LogP contribution in [0.1, 0.15) is 215 Å². The first kappa shape index (κ1) is 103. The molecular formula is C113H138BrClN10O9. The molecule has 0 radical (unpaired) electrons. The van der Waals surface area contributed by atoms with Crippen LogP contribution in [-0.2, 0) is 28.7 Å². The lowest BCUT2D eigenvalue weighted by atomic mass is 9.86. The number of nitrogens with two attached hydrogens (primary N) is 1. The lowest BCUT2D eigenvalue weighted by Gasteiger charge is -2.31. The van der Waals surface area contributed by atoms with Gasteiger partial charge in [-0.2, -0.15) is 0 Å². The van der Waals surface area contributed by atoms with E-state index in [9.17, 15) is 28.8 Å². The Kier molecular flexibility index (Phi) is 39.6. The molecule has 21 heteroatoms. The summed E-state index contributed by atoms with van der Waals surface area (Å²) < 4.78 is 10.3. The Labute approximate surface area is 809 Å². The number of carbonyl (C=O) groups excluding carboxylic acids is 5. The van der Waals surface area contributed by atoms with E-state index in [0.29, 0.717) is 58.7 Å². The molecule has 8 aromatic rings. The Hall–Kier alpha value is -11.3. The third-order valence-corrected chi connectivity index (χ3v) is 26.1. The van der Waals surface area contributed by atoms with Gasteiger partial charge in [-0.15, -0.1) is 12.4 Å². The number of fused-ring (bicyclic) bond motifs is 8. The fraction of sp³-hybridized carbons (Fsp3) is 0.381. The molecule has 4 aliphatic carbocycles. The lowest BCUT2D eigenvalue weighted by molar-refractivity contribution is -0.144. The van der Waals surface area contributed by atoms with E-state index in [1.807, 2.05) is 41.5 Å². The van der Waals surface area contributed by atoms with Crippen LogP contribution >= 0.6 is 28.3 Å². The monoisotopic (exact) mass is 1890 g/mol. The first-order chi connectivity index (χ1) is 64.1. The minimum atomic E-state index is -0.740. The maximum absolute atomic E-state index is 12.5. The Balaban J connectivity index is 0.000000161. The van der Waals surface area contributed by atoms with Gasteiger partial charge in [0, 0.05) is 123 Å². The normalized spacial score (nSPS) is 16.9. The molecule has 0 bridgehead atoms. The fourth-order valence-corrected chi connectivity index (χ4v) is 19.1. The van der Waals surface area contributed by atoms with Crippen LogP contribution in [0.5, 0.6) is 0 Å². The molecule has 8 aromatic carbocycles. The Bertz CT molecular complexity index is 5340. The molecule has 0 spiro atoms. The number of amides is 5. The van der Waals surface area contributed by atoms with Crippen LogP contribution in [-0.4, -0.2) is 207 Å². The van der Waals surface area contributed by atoms with Crippen molar-refractivity contribution in [1.82, 2.24) is 45.8 Å². The number of carboxylic acids is 1. The van der Waals surface area contributed by atoms with E-state index < -0.39 is 17.2 Å². The number of benzene rings is 8. The van der Waals surface area contributed by atoms with Crippen molar-refractivity contribution in [2.45, 2.75) is 137 Å². The van der Waals surface area contributed by atoms with Gasteiger partial charge in [-0.25, -0.2) is 9.59 Å². The number of ether oxygens (including phenoxy) is 2. The molecule has 134 heavy (non-hydrogen) atoms. The molecule has 0 aromatic heterocycles. The topological polar surface area (TPSA) is 231 Å². The second-order valence-electron chi connectivity index (χ2n) is 37.0. The fourth-order valence-electron chi connectivity index (χ4n) is 18.9. The zero-order valence-corrected chi connectivity index (χ0v) is 80.7. The van der Waals surface area contributed by atoms with E-state index in [0.717, 1.165) is 161 Å². The minimum Gasteiger partial charge on any atom is -0.481 e. The molecule has 10 aliphatic rings. The average Bonchev–Trinajstić information content (AvgIpc) is 1.69. The Morgan fingerprint density at radius 2 is 0.627 bits per heavy atom. The molecule has 6 fully saturated rings. The number of alkyl carbamates (subject to hydrolysis) is 2. The standard InChI is InChI=1S/C29H33N3O2.C27H32N2O2.C22H24N2.C20H19N.C7H14BrNO2.C7H11NO3.CH4.ClH/c33-21-32-18-13-25(14-19-32)29(34)30-15-20-31-16-11-24(12-17-31)28-26-7-3-1-5-22(26)9-10-23-6-2-4-8-27(23)28;1-27(2,3)31-26(30)28-16-19-29-17-14-22(15-18-29)25-23-10-6-4-8-20(23)12-13-21-9-5-7-11-24(21)25;23-13-16-24-14-11-19(12-15-24)22-20-7-3-1-5-17(20)9-10-18-6-2-4-8-21(18)22;1-3-7-18-15(5-1)9-10-16-6-2-4-8-19(16)20(18)17-11-13-21-14-12-17;1-7(2,3)11-6(10)9-5-4-8;9-5-8-3-1-6(2-4-8)7(10)11;;/h1-10,21,25H,11-20H2,(H,30,34);4-13H,14-19H2,1-3H3,(H,28,30);1-10H,11-16,23H2;1-10,21H,11-14H2;4-5H2,1-3H3,(H,9,10);5-6H,1-4H2,(H,10,11);1H4;1H. The van der Waals surface area contributed by atoms with E-state index in [1.54, 1.807) is 20.9 Å². The average molecular weight is 1900 g/mol. The van der Waals surface area contributed by atoms with Crippen LogP contribution in [0.2, 0.25) is 0 Å². The Morgan fingerprint density at radius 1 is 0.381 bits per heavy atom. The van der Waals surface area contributed by atoms with Gasteiger partial charge in [0.2, 0.25) is 18.7 Å². The highest BCUT2D eigenvalue weighted by Crippen LogP contribution is 2.44. The summed E-state index contributed by atoms with van der Waals surface area (Å²) in [5, 5.41) is 21.4. The second-order valence-corrected chi connectivity index (χ2v) is 37.8. The zero-order chi connectivity index (χ0) is 92.8. The SMILES string of the molecule is C.C1=Cc2ccccc2C(=C2CCNCC2)c2ccccc21.CC(C)(C)OC(=O)NCCBr.CC(C)(C)OC(=O)NCCN1CCC(=C2c3ccccc3C=Cc3ccccc32)CC1.Cl.NCCN1CCC(=C2c3ccccc3C=Cc3ccccc32)CC1.O=CN1CCC(C(=O)NCCN2CCC(=C3c4ccccc4C=Cc4ccccc43)CC2)CC1.O=CN1CCC(C(=O)O)CC1. The van der Waals surface area contributed by atoms with Gasteiger partial charge in [0.05, 0.1) is 5.92 Å². The number of halogens is 2. The van der Waals surface area contributed by atoms with E-state index in [1.165, 1.54) is 122 Å². The number of hydrogen-bond donors (Lipinski definition) is 6. The maximum atomic E-state index is 12.5. The number of piperidine rings is 6. The minimum absolute atomic E-state index is 0. The van der Waals surface area contributed by atoms with Crippen molar-refractivity contribution < 1.29 is 43.3 Å². The van der Waals surface area contributed by atoms with E-state index in [4.69, 9.17) is 20.3 Å². The molecule has 18 rings (SSSR count). The predicted octanol–water partition coefficient (Wildman–Crippen LogP) is 20.9. The molecule has 6 saturated heterocycles. The Morgan fingerprint density at radius 3 is 0.881 bits per heavy atom. The largest absolute Gasteiger partial charge is 0.481 e. The van der Waals surface area contributed by atoms with Gasteiger partial charge in [-0.1, -0.05) is 288 Å². The summed E-state index contributed by atoms with van der Waals surface area (Å²) in [5.74, 6) is -0.802. The molecule has 6 heterocycles. The molecule has 0 atom stereocenters. The summed E-state index contributed by atoms with van der Waals surface area (Å²) in [6, 6.07) is 70.0. The van der Waals surface area contributed by atoms with Gasteiger partial charge >= 0.3 is 18.2 Å². The van der Waals surface area contributed by atoms with Crippen LogP contribution in [0.25, 0.3) is 70.9 Å². The lowest BCUT2D eigenvalue weighted by Crippen LogP contribution is -2.43. The van der Waals surface area contributed by atoms with Crippen LogP contribution in [0, 0.1) is 11.8 Å². The summed E-state index contributed by atoms with van der Waals surface area (Å²) in [6.45, 7) is 27.5. The van der Waals surface area contributed by atoms with Gasteiger partial charge in [-0.05, 0) is 243 Å². The third-order valence-electron chi connectivity index (χ3n) is 25.7. The van der Waals surface area contributed by atoms with Crippen molar-refractivity contribution in [2.24, 2.45) is 17.6 Å². The summed E-state index contributed by atoms with van der Waals surface area (Å²) in [7, 11) is 0. The second kappa shape index (κ2) is 51.4. The van der Waals surface area contributed by atoms with Gasteiger partial charge in [0.15, 0.2) is 0 Å². The van der Waals surface area contributed by atoms with Crippen molar-refractivity contribution in [3.05, 3.63) is 305 Å². The molecule has 0 unspecified atom stereocenters. The van der Waals surface area contributed by atoms with E-state index in [2.05, 4.69) is 295 Å². The molecule has 6 aliphatic heterocycles. The number of rotatable bonds is 14. The van der Waals surface area contributed by atoms with Crippen LogP contribution in [0.3, 0.4) is 0 Å². The van der Waals surface area contributed by atoms with E-state index >= 15 is 0 Å². The predicted molar refractivity (Wildman–Crippen MR) is 557 cm³/mol. The molecule has 19 nitrogen and oxygen atoms in total. The highest BCUT2D eigenvalue weighted by molar-refractivity contribution is 9.09. The smallest absolute Gasteiger partial charge is 0.407 e. The molecular weight excluding hydrogens is 1760 g/mol. The molecule has 708 valence electrons. The van der Waals surface area contributed by atoms with E-state index in [-0.39, 0.29) is 49.8 Å². The maximum Gasteiger partial charge on any atom is 0.407 e. The zero-order valence-electron chi connectivity index (χ0n) is 78.3. The molecule has 7 N–H and O–H groups in total. The number of carboxylic acid groups (broad SMARTS) is 1. The number of nitrogens with zero attached hydrogens (tertiary/aromatic N) is 5. The van der Waals surface area contributed by atoms with Crippen molar-refractivity contribution in [3.63, 3.8) is 0 Å². The van der Waals surface area contributed by atoms with Crippen LogP contribution in [0.15, 0.2) is 216 Å². The number of hydrogen-bond acceptors (Lipinski definition) is 13. The summed E-state index contributed by atoms with van der Waals surface area (Å²) in [5.41, 5.74) is 38.1. The van der Waals surface area contributed by atoms with Crippen molar-refractivity contribution in [1.29, 1.82) is 0 Å². The number of alkyl halides is 1. The first-order valence-corrected chi connectivity index (χ1v) is 48.6. The van der Waals surface area contributed by atoms with Crippen LogP contribution in [0.4, 0.5) is 9.59 Å². The van der Waals surface area contributed by atoms with Gasteiger partial charge in [0.25, 0.3) is 0 Å². The van der Waals surface area contributed by atoms with Gasteiger partial charge < -0.3 is 66.1 Å². The van der Waals surface area contributed by atoms with Crippen LogP contribution < -0.4 is 27.0 Å². The first-order valence-electron chi connectivity index (χ1n) is 47.4. The van der Waals surface area contributed by atoms with Gasteiger partial charge in [-0.3, -0.25) is 19.2 Å². The summed E-state index contributed by atoms with van der Waals surface area (Å²) >= 11 is 3.19. The molecule has 5 amide bonds. The quantitative estimate of drug-likeness (QED) is 0.0439.